The molecule has 182 valence electrons. The molecule has 2 amide bonds. The molecule has 1 N–H and O–H groups in total. The van der Waals surface area contributed by atoms with Crippen molar-refractivity contribution in [1.29, 1.82) is 0 Å². The van der Waals surface area contributed by atoms with Gasteiger partial charge in [-0.3, -0.25) is 9.59 Å². The predicted octanol–water partition coefficient (Wildman–Crippen LogP) is 5.89. The van der Waals surface area contributed by atoms with Gasteiger partial charge in [0.2, 0.25) is 11.8 Å². The second-order valence-corrected chi connectivity index (χ2v) is 9.94. The lowest BCUT2D eigenvalue weighted by atomic mass is 10.0. The third-order valence-corrected chi connectivity index (χ3v) is 6.97. The highest BCUT2D eigenvalue weighted by molar-refractivity contribution is 6.30. The van der Waals surface area contributed by atoms with Gasteiger partial charge in [-0.15, -0.1) is 0 Å². The van der Waals surface area contributed by atoms with Crippen LogP contribution in [0.3, 0.4) is 0 Å². The Balaban J connectivity index is 1.64. The Kier molecular flexibility index (Phi) is 8.59. The number of carbonyl (C=O) groups excluding carboxylic acids is 2. The minimum atomic E-state index is -0.598. The summed E-state index contributed by atoms with van der Waals surface area (Å²) in [4.78, 5) is 29.2. The molecular weight excluding hydrogens is 456 g/mol. The average Bonchev–Trinajstić information content (AvgIpc) is 3.37. The number of amides is 2. The zero-order chi connectivity index (χ0) is 24.6. The minimum absolute atomic E-state index is 0.0719. The first-order valence-corrected chi connectivity index (χ1v) is 12.8. The molecule has 35 heavy (non-hydrogen) atoms. The number of hydrogen-bond donors (Lipinski definition) is 1. The van der Waals surface area contributed by atoms with Gasteiger partial charge >= 0.3 is 0 Å². The molecule has 1 saturated carbocycles. The molecule has 0 saturated heterocycles. The van der Waals surface area contributed by atoms with E-state index >= 15 is 0 Å². The van der Waals surface area contributed by atoms with Crippen LogP contribution in [0.25, 0.3) is 0 Å². The Labute approximate surface area is 213 Å². The van der Waals surface area contributed by atoms with Gasteiger partial charge in [0.15, 0.2) is 0 Å². The molecular formula is C30H33ClN2O2. The molecule has 0 bridgehead atoms. The Morgan fingerprint density at radius 1 is 0.886 bits per heavy atom. The van der Waals surface area contributed by atoms with Gasteiger partial charge in [0.1, 0.15) is 6.04 Å². The highest BCUT2D eigenvalue weighted by atomic mass is 35.5. The summed E-state index contributed by atoms with van der Waals surface area (Å²) in [6.07, 6.45) is 4.96. The molecule has 3 aromatic rings. The lowest BCUT2D eigenvalue weighted by Gasteiger charge is -2.32. The third-order valence-electron chi connectivity index (χ3n) is 6.71. The number of nitrogens with zero attached hydrogens (tertiary/aromatic N) is 1. The van der Waals surface area contributed by atoms with Crippen LogP contribution < -0.4 is 5.32 Å². The average molecular weight is 489 g/mol. The topological polar surface area (TPSA) is 49.4 Å². The van der Waals surface area contributed by atoms with Crippen LogP contribution in [-0.2, 0) is 29.0 Å². The summed E-state index contributed by atoms with van der Waals surface area (Å²) < 4.78 is 0. The molecule has 4 rings (SSSR count). The van der Waals surface area contributed by atoms with E-state index in [0.29, 0.717) is 18.0 Å². The van der Waals surface area contributed by atoms with Crippen molar-refractivity contribution >= 4 is 23.4 Å². The molecule has 0 heterocycles. The SMILES string of the molecule is Cc1ccc(CN(C(=O)Cc2ccc(Cl)cc2)[C@@H](Cc2ccccc2)C(=O)NC2CCCC2)cc1. The minimum Gasteiger partial charge on any atom is -0.352 e. The normalized spacial score (nSPS) is 14.5. The summed E-state index contributed by atoms with van der Waals surface area (Å²) in [5.74, 6) is -0.146. The number of halogens is 1. The second kappa shape index (κ2) is 12.0. The number of rotatable bonds is 9. The first kappa shape index (κ1) is 25.0. The summed E-state index contributed by atoms with van der Waals surface area (Å²) in [6.45, 7) is 2.42. The van der Waals surface area contributed by atoms with E-state index in [2.05, 4.69) is 5.32 Å². The molecule has 0 aliphatic heterocycles. The van der Waals surface area contributed by atoms with Crippen LogP contribution in [0.2, 0.25) is 5.02 Å². The lowest BCUT2D eigenvalue weighted by Crippen LogP contribution is -2.52. The highest BCUT2D eigenvalue weighted by Gasteiger charge is 2.32. The molecule has 1 atom stereocenters. The van der Waals surface area contributed by atoms with Gasteiger partial charge in [-0.05, 0) is 48.6 Å². The maximum Gasteiger partial charge on any atom is 0.243 e. The van der Waals surface area contributed by atoms with Gasteiger partial charge in [0.25, 0.3) is 0 Å². The number of hydrogen-bond acceptors (Lipinski definition) is 2. The van der Waals surface area contributed by atoms with E-state index in [0.717, 1.165) is 47.9 Å². The number of carbonyl (C=O) groups is 2. The van der Waals surface area contributed by atoms with Crippen molar-refractivity contribution in [3.8, 4) is 0 Å². The maximum absolute atomic E-state index is 13.8. The van der Waals surface area contributed by atoms with Gasteiger partial charge in [0, 0.05) is 24.0 Å². The molecule has 0 spiro atoms. The number of aryl methyl sites for hydroxylation is 1. The molecule has 5 heteroatoms. The molecule has 0 unspecified atom stereocenters. The Bertz CT molecular complexity index is 1110. The van der Waals surface area contributed by atoms with E-state index in [4.69, 9.17) is 11.6 Å². The fraction of sp³-hybridized carbons (Fsp3) is 0.333. The summed E-state index contributed by atoms with van der Waals surface area (Å²) in [6, 6.07) is 25.0. The molecule has 4 nitrogen and oxygen atoms in total. The van der Waals surface area contributed by atoms with Gasteiger partial charge in [-0.25, -0.2) is 0 Å². The van der Waals surface area contributed by atoms with Crippen molar-refractivity contribution < 1.29 is 9.59 Å². The van der Waals surface area contributed by atoms with Crippen LogP contribution in [0.1, 0.15) is 47.9 Å². The van der Waals surface area contributed by atoms with Gasteiger partial charge in [-0.1, -0.05) is 96.7 Å². The summed E-state index contributed by atoms with van der Waals surface area (Å²) in [5.41, 5.74) is 4.08. The van der Waals surface area contributed by atoms with E-state index in [1.807, 2.05) is 73.7 Å². The van der Waals surface area contributed by atoms with E-state index in [9.17, 15) is 9.59 Å². The number of benzene rings is 3. The van der Waals surface area contributed by atoms with Crippen LogP contribution in [-0.4, -0.2) is 28.8 Å². The van der Waals surface area contributed by atoms with E-state index in [1.54, 1.807) is 17.0 Å². The van der Waals surface area contributed by atoms with Crippen molar-refractivity contribution in [3.05, 3.63) is 106 Å². The molecule has 1 aliphatic rings. The first-order valence-electron chi connectivity index (χ1n) is 12.4. The van der Waals surface area contributed by atoms with Crippen molar-refractivity contribution in [3.63, 3.8) is 0 Å². The van der Waals surface area contributed by atoms with Crippen LogP contribution in [0.15, 0.2) is 78.9 Å². The van der Waals surface area contributed by atoms with Gasteiger partial charge in [0.05, 0.1) is 6.42 Å². The fourth-order valence-electron chi connectivity index (χ4n) is 4.69. The largest absolute Gasteiger partial charge is 0.352 e. The van der Waals surface area contributed by atoms with Crippen LogP contribution in [0.4, 0.5) is 0 Å². The summed E-state index contributed by atoms with van der Waals surface area (Å²) in [5, 5.41) is 3.89. The Morgan fingerprint density at radius 3 is 2.17 bits per heavy atom. The molecule has 0 aromatic heterocycles. The molecule has 1 aliphatic carbocycles. The third kappa shape index (κ3) is 7.19. The van der Waals surface area contributed by atoms with Crippen LogP contribution in [0.5, 0.6) is 0 Å². The molecule has 1 fully saturated rings. The monoisotopic (exact) mass is 488 g/mol. The van der Waals surface area contributed by atoms with Crippen molar-refractivity contribution in [2.45, 2.75) is 64.1 Å². The van der Waals surface area contributed by atoms with Crippen LogP contribution >= 0.6 is 11.6 Å². The fourth-order valence-corrected chi connectivity index (χ4v) is 4.82. The first-order chi connectivity index (χ1) is 17.0. The van der Waals surface area contributed by atoms with Gasteiger partial charge in [-0.2, -0.15) is 0 Å². The summed E-state index contributed by atoms with van der Waals surface area (Å²) in [7, 11) is 0. The lowest BCUT2D eigenvalue weighted by molar-refractivity contribution is -0.141. The van der Waals surface area contributed by atoms with E-state index in [1.165, 1.54) is 0 Å². The van der Waals surface area contributed by atoms with Crippen LogP contribution in [0, 0.1) is 6.92 Å². The predicted molar refractivity (Wildman–Crippen MR) is 141 cm³/mol. The van der Waals surface area contributed by atoms with Crippen molar-refractivity contribution in [1.82, 2.24) is 10.2 Å². The van der Waals surface area contributed by atoms with E-state index in [-0.39, 0.29) is 24.3 Å². The molecule has 0 radical (unpaired) electrons. The smallest absolute Gasteiger partial charge is 0.243 e. The Morgan fingerprint density at radius 2 is 1.51 bits per heavy atom. The standard InChI is InChI=1S/C30H33ClN2O2/c1-22-11-13-25(14-12-22)21-33(29(34)20-24-15-17-26(31)18-16-24)28(19-23-7-3-2-4-8-23)30(35)32-27-9-5-6-10-27/h2-4,7-8,11-18,27-28H,5-6,9-10,19-21H2,1H3,(H,32,35)/t28-/m0/s1. The highest BCUT2D eigenvalue weighted by Crippen LogP contribution is 2.21. The zero-order valence-electron chi connectivity index (χ0n) is 20.3. The maximum atomic E-state index is 13.8. The summed E-state index contributed by atoms with van der Waals surface area (Å²) >= 11 is 6.05. The molecule has 3 aromatic carbocycles. The van der Waals surface area contributed by atoms with Crippen molar-refractivity contribution in [2.24, 2.45) is 0 Å². The van der Waals surface area contributed by atoms with Gasteiger partial charge < -0.3 is 10.2 Å². The van der Waals surface area contributed by atoms with Crippen molar-refractivity contribution in [2.75, 3.05) is 0 Å². The number of nitrogens with one attached hydrogen (secondary N) is 1. The second-order valence-electron chi connectivity index (χ2n) is 9.51. The van der Waals surface area contributed by atoms with E-state index < -0.39 is 6.04 Å². The quantitative estimate of drug-likeness (QED) is 0.408. The Hall–Kier alpha value is -3.11. The zero-order valence-corrected chi connectivity index (χ0v) is 21.0.